The third-order valence-electron chi connectivity index (χ3n) is 4.63. The van der Waals surface area contributed by atoms with Crippen LogP contribution in [0.25, 0.3) is 0 Å². The second kappa shape index (κ2) is 6.40. The van der Waals surface area contributed by atoms with Crippen molar-refractivity contribution in [2.24, 2.45) is 0 Å². The molecule has 2 nitrogen and oxygen atoms in total. The van der Waals surface area contributed by atoms with Gasteiger partial charge < -0.3 is 9.47 Å². The van der Waals surface area contributed by atoms with Crippen molar-refractivity contribution in [3.8, 4) is 11.5 Å². The van der Waals surface area contributed by atoms with Crippen molar-refractivity contribution in [2.45, 2.75) is 18.4 Å². The van der Waals surface area contributed by atoms with Crippen LogP contribution in [0.15, 0.2) is 78.9 Å². The molecule has 0 aromatic heterocycles. The predicted octanol–water partition coefficient (Wildman–Crippen LogP) is 4.83. The molecule has 2 heteroatoms. The second-order valence-corrected chi connectivity index (χ2v) is 6.14. The quantitative estimate of drug-likeness (QED) is 0.686. The van der Waals surface area contributed by atoms with Crippen molar-refractivity contribution in [1.29, 1.82) is 0 Å². The van der Waals surface area contributed by atoms with Crippen LogP contribution in [-0.2, 0) is 6.42 Å². The predicted molar refractivity (Wildman–Crippen MR) is 95.8 cm³/mol. The van der Waals surface area contributed by atoms with Crippen molar-refractivity contribution in [1.82, 2.24) is 0 Å². The van der Waals surface area contributed by atoms with E-state index in [0.717, 1.165) is 17.9 Å². The third kappa shape index (κ3) is 2.76. The smallest absolute Gasteiger partial charge is 0.123 e. The van der Waals surface area contributed by atoms with Crippen molar-refractivity contribution >= 4 is 0 Å². The first-order valence-electron chi connectivity index (χ1n) is 8.28. The fourth-order valence-corrected chi connectivity index (χ4v) is 3.52. The molecule has 120 valence electrons. The van der Waals surface area contributed by atoms with Gasteiger partial charge in [-0.2, -0.15) is 0 Å². The highest BCUT2D eigenvalue weighted by atomic mass is 16.5. The van der Waals surface area contributed by atoms with E-state index in [9.17, 15) is 0 Å². The Kier molecular flexibility index (Phi) is 3.96. The summed E-state index contributed by atoms with van der Waals surface area (Å²) in [4.78, 5) is 0. The van der Waals surface area contributed by atoms with Crippen molar-refractivity contribution in [3.05, 3.63) is 95.6 Å². The lowest BCUT2D eigenvalue weighted by Gasteiger charge is -2.20. The summed E-state index contributed by atoms with van der Waals surface area (Å²) in [5.74, 6) is 2.15. The highest BCUT2D eigenvalue weighted by molar-refractivity contribution is 5.47. The van der Waals surface area contributed by atoms with E-state index < -0.39 is 0 Å². The number of rotatable bonds is 4. The van der Waals surface area contributed by atoms with Gasteiger partial charge in [-0.1, -0.05) is 60.7 Å². The number of hydrogen-bond donors (Lipinski definition) is 0. The summed E-state index contributed by atoms with van der Waals surface area (Å²) in [5, 5.41) is 0. The van der Waals surface area contributed by atoms with E-state index in [1.165, 1.54) is 16.7 Å². The number of ether oxygens (including phenoxy) is 2. The fourth-order valence-electron chi connectivity index (χ4n) is 3.52. The molecule has 1 aliphatic rings. The van der Waals surface area contributed by atoms with Crippen LogP contribution in [0.4, 0.5) is 0 Å². The minimum absolute atomic E-state index is 0.0944. The Balaban J connectivity index is 1.69. The number of methoxy groups -OCH3 is 1. The monoisotopic (exact) mass is 316 g/mol. The highest BCUT2D eigenvalue weighted by Gasteiger charge is 2.35. The van der Waals surface area contributed by atoms with Gasteiger partial charge in [-0.25, -0.2) is 0 Å². The molecular formula is C22H20O2. The van der Waals surface area contributed by atoms with Crippen LogP contribution in [0.2, 0.25) is 0 Å². The molecule has 0 fully saturated rings. The fraction of sp³-hybridized carbons (Fsp3) is 0.182. The van der Waals surface area contributed by atoms with Crippen LogP contribution in [0, 0.1) is 0 Å². The van der Waals surface area contributed by atoms with E-state index in [4.69, 9.17) is 9.47 Å². The normalized spacial score (nSPS) is 18.7. The molecule has 0 bridgehead atoms. The Morgan fingerprint density at radius 1 is 0.875 bits per heavy atom. The molecule has 0 saturated carbocycles. The molecular weight excluding hydrogens is 296 g/mol. The Hall–Kier alpha value is -2.74. The van der Waals surface area contributed by atoms with Gasteiger partial charge in [-0.05, 0) is 29.3 Å². The lowest BCUT2D eigenvalue weighted by Crippen LogP contribution is -2.22. The van der Waals surface area contributed by atoms with E-state index in [-0.39, 0.29) is 12.0 Å². The maximum Gasteiger partial charge on any atom is 0.123 e. The maximum atomic E-state index is 6.31. The van der Waals surface area contributed by atoms with Gasteiger partial charge in [0.1, 0.15) is 17.6 Å². The van der Waals surface area contributed by atoms with Crippen LogP contribution in [0.1, 0.15) is 22.6 Å². The molecule has 4 rings (SSSR count). The number of hydrogen-bond acceptors (Lipinski definition) is 2. The van der Waals surface area contributed by atoms with Crippen LogP contribution in [0.5, 0.6) is 11.5 Å². The van der Waals surface area contributed by atoms with E-state index in [0.29, 0.717) is 0 Å². The number of fused-ring (bicyclic) bond motifs is 1. The third-order valence-corrected chi connectivity index (χ3v) is 4.63. The molecule has 0 N–H and O–H groups in total. The molecule has 0 amide bonds. The van der Waals surface area contributed by atoms with Gasteiger partial charge in [0.15, 0.2) is 0 Å². The van der Waals surface area contributed by atoms with Crippen LogP contribution < -0.4 is 9.47 Å². The Labute approximate surface area is 142 Å². The molecule has 0 spiro atoms. The average molecular weight is 316 g/mol. The van der Waals surface area contributed by atoms with E-state index in [1.807, 2.05) is 18.2 Å². The van der Waals surface area contributed by atoms with E-state index >= 15 is 0 Å². The standard InChI is InChI=1S/C22H20O2/c1-23-18-11-7-8-16(14-18)15-21-22(17-9-3-2-4-10-17)19-12-5-6-13-20(19)24-21/h2-14,21-22H,15H2,1H3/t21-,22+/m1/s1. The first-order chi connectivity index (χ1) is 11.8. The summed E-state index contributed by atoms with van der Waals surface area (Å²) in [5.41, 5.74) is 3.81. The second-order valence-electron chi connectivity index (χ2n) is 6.14. The first-order valence-corrected chi connectivity index (χ1v) is 8.28. The molecule has 0 unspecified atom stereocenters. The van der Waals surface area contributed by atoms with Gasteiger partial charge >= 0.3 is 0 Å². The average Bonchev–Trinajstić information content (AvgIpc) is 3.00. The molecule has 3 aromatic rings. The van der Waals surface area contributed by atoms with Gasteiger partial charge in [0.2, 0.25) is 0 Å². The summed E-state index contributed by atoms with van der Waals surface area (Å²) in [6.07, 6.45) is 0.947. The topological polar surface area (TPSA) is 18.5 Å². The van der Waals surface area contributed by atoms with Crippen molar-refractivity contribution < 1.29 is 9.47 Å². The molecule has 0 radical (unpaired) electrons. The lowest BCUT2D eigenvalue weighted by atomic mass is 9.86. The molecule has 1 heterocycles. The van der Waals surface area contributed by atoms with Crippen molar-refractivity contribution in [3.63, 3.8) is 0 Å². The van der Waals surface area contributed by atoms with Crippen LogP contribution in [-0.4, -0.2) is 13.2 Å². The van der Waals surface area contributed by atoms with Gasteiger partial charge in [0.05, 0.1) is 7.11 Å². The zero-order chi connectivity index (χ0) is 16.4. The Morgan fingerprint density at radius 3 is 2.50 bits per heavy atom. The number of benzene rings is 3. The van der Waals surface area contributed by atoms with Gasteiger partial charge in [0, 0.05) is 17.9 Å². The van der Waals surface area contributed by atoms with Gasteiger partial charge in [-0.3, -0.25) is 0 Å². The van der Waals surface area contributed by atoms with Crippen LogP contribution in [0.3, 0.4) is 0 Å². The minimum atomic E-state index is 0.0944. The largest absolute Gasteiger partial charge is 0.497 e. The summed E-state index contributed by atoms with van der Waals surface area (Å²) >= 11 is 0. The minimum Gasteiger partial charge on any atom is -0.497 e. The zero-order valence-corrected chi connectivity index (χ0v) is 13.7. The van der Waals surface area contributed by atoms with E-state index in [2.05, 4.69) is 60.7 Å². The molecule has 2 atom stereocenters. The van der Waals surface area contributed by atoms with E-state index in [1.54, 1.807) is 7.11 Å². The number of para-hydroxylation sites is 1. The maximum absolute atomic E-state index is 6.31. The molecule has 1 aliphatic heterocycles. The molecule has 3 aromatic carbocycles. The summed E-state index contributed by atoms with van der Waals surface area (Å²) in [7, 11) is 1.70. The SMILES string of the molecule is COc1cccc(C[C@H]2Oc3ccccc3[C@@H]2c2ccccc2)c1. The summed E-state index contributed by atoms with van der Waals surface area (Å²) in [6.45, 7) is 0. The lowest BCUT2D eigenvalue weighted by molar-refractivity contribution is 0.217. The zero-order valence-electron chi connectivity index (χ0n) is 13.7. The summed E-state index contributed by atoms with van der Waals surface area (Å²) in [6, 6.07) is 27.2. The molecule has 24 heavy (non-hydrogen) atoms. The van der Waals surface area contributed by atoms with Gasteiger partial charge in [-0.15, -0.1) is 0 Å². The Bertz CT molecular complexity index is 826. The summed E-state index contributed by atoms with van der Waals surface area (Å²) < 4.78 is 11.7. The highest BCUT2D eigenvalue weighted by Crippen LogP contribution is 2.43. The molecule has 0 saturated heterocycles. The molecule has 0 aliphatic carbocycles. The Morgan fingerprint density at radius 2 is 1.67 bits per heavy atom. The van der Waals surface area contributed by atoms with Gasteiger partial charge in [0.25, 0.3) is 0 Å². The first kappa shape index (κ1) is 14.8. The van der Waals surface area contributed by atoms with Crippen molar-refractivity contribution in [2.75, 3.05) is 7.11 Å². The van der Waals surface area contributed by atoms with Crippen LogP contribution >= 0.6 is 0 Å².